The van der Waals surface area contributed by atoms with Crippen molar-refractivity contribution >= 4 is 11.8 Å². The summed E-state index contributed by atoms with van der Waals surface area (Å²) in [7, 11) is 1.62. The highest BCUT2D eigenvalue weighted by molar-refractivity contribution is 5.88. The second kappa shape index (κ2) is 11.4. The average Bonchev–Trinajstić information content (AvgIpc) is 2.72. The van der Waals surface area contributed by atoms with Crippen LogP contribution in [0.5, 0.6) is 5.75 Å². The number of nitrogens with zero attached hydrogens (tertiary/aromatic N) is 1. The first-order chi connectivity index (χ1) is 14.3. The lowest BCUT2D eigenvalue weighted by molar-refractivity contribution is -0.141. The van der Waals surface area contributed by atoms with E-state index in [1.54, 1.807) is 12.0 Å². The molecule has 0 fully saturated rings. The molecule has 0 aromatic heterocycles. The van der Waals surface area contributed by atoms with E-state index >= 15 is 0 Å². The molecule has 2 rings (SSSR count). The summed E-state index contributed by atoms with van der Waals surface area (Å²) in [5.41, 5.74) is 3.00. The van der Waals surface area contributed by atoms with Crippen LogP contribution in [0.3, 0.4) is 0 Å². The standard InChI is InChI=1S/C25H34N2O3/c1-6-23(25(29)26-16-18(2)3)27(17-21-11-8-12-22(14-21)30-5)24(28)15-20-10-7-9-19(4)13-20/h7-14,18,23H,6,15-17H2,1-5H3,(H,26,29)/t23-/m0/s1. The van der Waals surface area contributed by atoms with Crippen LogP contribution in [-0.4, -0.2) is 36.4 Å². The molecular formula is C25H34N2O3. The van der Waals surface area contributed by atoms with Gasteiger partial charge >= 0.3 is 0 Å². The normalized spacial score (nSPS) is 11.8. The molecule has 0 saturated heterocycles. The summed E-state index contributed by atoms with van der Waals surface area (Å²) < 4.78 is 5.32. The maximum atomic E-state index is 13.3. The number of nitrogens with one attached hydrogen (secondary N) is 1. The molecule has 0 aliphatic heterocycles. The zero-order valence-corrected chi connectivity index (χ0v) is 18.8. The van der Waals surface area contributed by atoms with Crippen molar-refractivity contribution < 1.29 is 14.3 Å². The third-order valence-electron chi connectivity index (χ3n) is 5.00. The third-order valence-corrected chi connectivity index (χ3v) is 5.00. The van der Waals surface area contributed by atoms with E-state index in [9.17, 15) is 9.59 Å². The quantitative estimate of drug-likeness (QED) is 0.641. The van der Waals surface area contributed by atoms with Gasteiger partial charge in [-0.15, -0.1) is 0 Å². The summed E-state index contributed by atoms with van der Waals surface area (Å²) >= 11 is 0. The summed E-state index contributed by atoms with van der Waals surface area (Å²) in [4.78, 5) is 28.0. The van der Waals surface area contributed by atoms with Gasteiger partial charge in [0.15, 0.2) is 0 Å². The van der Waals surface area contributed by atoms with Crippen LogP contribution in [0.4, 0.5) is 0 Å². The van der Waals surface area contributed by atoms with E-state index < -0.39 is 6.04 Å². The monoisotopic (exact) mass is 410 g/mol. The smallest absolute Gasteiger partial charge is 0.242 e. The van der Waals surface area contributed by atoms with E-state index in [1.165, 1.54) is 0 Å². The average molecular weight is 411 g/mol. The third kappa shape index (κ3) is 6.90. The van der Waals surface area contributed by atoms with Gasteiger partial charge in [0, 0.05) is 13.1 Å². The number of methoxy groups -OCH3 is 1. The number of hydrogen-bond acceptors (Lipinski definition) is 3. The molecule has 2 aromatic rings. The van der Waals surface area contributed by atoms with Crippen molar-refractivity contribution in [3.63, 3.8) is 0 Å². The SMILES string of the molecule is CC[C@@H](C(=O)NCC(C)C)N(Cc1cccc(OC)c1)C(=O)Cc1cccc(C)c1. The van der Waals surface area contributed by atoms with Crippen molar-refractivity contribution in [2.24, 2.45) is 5.92 Å². The van der Waals surface area contributed by atoms with Crippen LogP contribution >= 0.6 is 0 Å². The molecule has 5 heteroatoms. The predicted octanol–water partition coefficient (Wildman–Crippen LogP) is 4.13. The van der Waals surface area contributed by atoms with Gasteiger partial charge in [0.25, 0.3) is 0 Å². The predicted molar refractivity (Wildman–Crippen MR) is 120 cm³/mol. The zero-order valence-electron chi connectivity index (χ0n) is 18.8. The van der Waals surface area contributed by atoms with Crippen molar-refractivity contribution in [2.75, 3.05) is 13.7 Å². The van der Waals surface area contributed by atoms with Crippen LogP contribution in [-0.2, 0) is 22.6 Å². The van der Waals surface area contributed by atoms with Crippen molar-refractivity contribution in [3.8, 4) is 5.75 Å². The molecular weight excluding hydrogens is 376 g/mol. The largest absolute Gasteiger partial charge is 0.497 e. The molecule has 0 bridgehead atoms. The Hall–Kier alpha value is -2.82. The number of rotatable bonds is 10. The van der Waals surface area contributed by atoms with Gasteiger partial charge in [-0.3, -0.25) is 9.59 Å². The minimum absolute atomic E-state index is 0.0602. The van der Waals surface area contributed by atoms with Gasteiger partial charge in [-0.05, 0) is 42.5 Å². The Labute approximate surface area is 180 Å². The first-order valence-corrected chi connectivity index (χ1v) is 10.6. The van der Waals surface area contributed by atoms with E-state index in [0.29, 0.717) is 25.4 Å². The topological polar surface area (TPSA) is 58.6 Å². The number of carbonyl (C=O) groups excluding carboxylic acids is 2. The number of hydrogen-bond donors (Lipinski definition) is 1. The van der Waals surface area contributed by atoms with Gasteiger partial charge in [-0.2, -0.15) is 0 Å². The van der Waals surface area contributed by atoms with E-state index in [-0.39, 0.29) is 18.2 Å². The molecule has 0 unspecified atom stereocenters. The van der Waals surface area contributed by atoms with Crippen LogP contribution in [0, 0.1) is 12.8 Å². The Bertz CT molecular complexity index is 848. The van der Waals surface area contributed by atoms with Crippen LogP contribution in [0.1, 0.15) is 43.9 Å². The fraction of sp³-hybridized carbons (Fsp3) is 0.440. The molecule has 0 radical (unpaired) electrons. The highest BCUT2D eigenvalue weighted by atomic mass is 16.5. The maximum Gasteiger partial charge on any atom is 0.242 e. The first kappa shape index (κ1) is 23.5. The Morgan fingerprint density at radius 1 is 1.07 bits per heavy atom. The van der Waals surface area contributed by atoms with Crippen molar-refractivity contribution in [1.29, 1.82) is 0 Å². The molecule has 2 aromatic carbocycles. The van der Waals surface area contributed by atoms with E-state index in [0.717, 1.165) is 22.4 Å². The van der Waals surface area contributed by atoms with Gasteiger partial charge in [-0.1, -0.05) is 62.7 Å². The number of carbonyl (C=O) groups is 2. The maximum absolute atomic E-state index is 13.3. The van der Waals surface area contributed by atoms with Crippen LogP contribution < -0.4 is 10.1 Å². The first-order valence-electron chi connectivity index (χ1n) is 10.6. The molecule has 0 aliphatic carbocycles. The lowest BCUT2D eigenvalue weighted by Gasteiger charge is -2.31. The minimum atomic E-state index is -0.521. The lowest BCUT2D eigenvalue weighted by atomic mass is 10.0. The highest BCUT2D eigenvalue weighted by Gasteiger charge is 2.28. The van der Waals surface area contributed by atoms with Gasteiger partial charge in [0.05, 0.1) is 13.5 Å². The Morgan fingerprint density at radius 3 is 2.40 bits per heavy atom. The van der Waals surface area contributed by atoms with E-state index in [2.05, 4.69) is 19.2 Å². The summed E-state index contributed by atoms with van der Waals surface area (Å²) in [5.74, 6) is 0.916. The molecule has 0 spiro atoms. The van der Waals surface area contributed by atoms with Crippen LogP contribution in [0.2, 0.25) is 0 Å². The lowest BCUT2D eigenvalue weighted by Crippen LogP contribution is -2.50. The Kier molecular flexibility index (Phi) is 8.90. The van der Waals surface area contributed by atoms with Crippen LogP contribution in [0.15, 0.2) is 48.5 Å². The molecule has 2 amide bonds. The van der Waals surface area contributed by atoms with E-state index in [4.69, 9.17) is 4.74 Å². The number of aryl methyl sites for hydroxylation is 1. The Balaban J connectivity index is 2.29. The molecule has 30 heavy (non-hydrogen) atoms. The Morgan fingerprint density at radius 2 is 1.77 bits per heavy atom. The fourth-order valence-electron chi connectivity index (χ4n) is 3.41. The molecule has 1 atom stereocenters. The molecule has 1 N–H and O–H groups in total. The summed E-state index contributed by atoms with van der Waals surface area (Å²) in [6.45, 7) is 9.01. The highest BCUT2D eigenvalue weighted by Crippen LogP contribution is 2.18. The fourth-order valence-corrected chi connectivity index (χ4v) is 3.41. The van der Waals surface area contributed by atoms with Gasteiger partial charge in [-0.25, -0.2) is 0 Å². The summed E-state index contributed by atoms with van der Waals surface area (Å²) in [5, 5.41) is 2.99. The number of ether oxygens (including phenoxy) is 1. The molecule has 0 aliphatic rings. The van der Waals surface area contributed by atoms with Gasteiger partial charge in [0.2, 0.25) is 11.8 Å². The van der Waals surface area contributed by atoms with Crippen molar-refractivity contribution in [1.82, 2.24) is 10.2 Å². The second-order valence-electron chi connectivity index (χ2n) is 8.10. The molecule has 0 saturated carbocycles. The number of amides is 2. The van der Waals surface area contributed by atoms with Gasteiger partial charge < -0.3 is 15.0 Å². The molecule has 162 valence electrons. The zero-order chi connectivity index (χ0) is 22.1. The van der Waals surface area contributed by atoms with Crippen molar-refractivity contribution in [3.05, 3.63) is 65.2 Å². The summed E-state index contributed by atoms with van der Waals surface area (Å²) in [6.07, 6.45) is 0.813. The molecule has 0 heterocycles. The molecule has 5 nitrogen and oxygen atoms in total. The van der Waals surface area contributed by atoms with Crippen LogP contribution in [0.25, 0.3) is 0 Å². The second-order valence-corrected chi connectivity index (χ2v) is 8.10. The minimum Gasteiger partial charge on any atom is -0.497 e. The van der Waals surface area contributed by atoms with Gasteiger partial charge in [0.1, 0.15) is 11.8 Å². The summed E-state index contributed by atoms with van der Waals surface area (Å²) in [6, 6.07) is 15.0. The van der Waals surface area contributed by atoms with Crippen molar-refractivity contribution in [2.45, 2.75) is 53.1 Å². The number of benzene rings is 2. The van der Waals surface area contributed by atoms with E-state index in [1.807, 2.05) is 62.4 Å².